The van der Waals surface area contributed by atoms with E-state index in [-0.39, 0.29) is 11.2 Å². The Labute approximate surface area is 98.8 Å². The number of carbonyl (C=O) groups is 1. The van der Waals surface area contributed by atoms with E-state index in [4.69, 9.17) is 11.6 Å². The van der Waals surface area contributed by atoms with Gasteiger partial charge in [-0.05, 0) is 12.1 Å². The van der Waals surface area contributed by atoms with Crippen LogP contribution in [0.25, 0.3) is 0 Å². The summed E-state index contributed by atoms with van der Waals surface area (Å²) < 4.78 is 0. The average Bonchev–Trinajstić information content (AvgIpc) is 2.45. The summed E-state index contributed by atoms with van der Waals surface area (Å²) in [4.78, 5) is 17.4. The molecule has 1 aliphatic rings. The van der Waals surface area contributed by atoms with Crippen LogP contribution in [-0.2, 0) is 11.3 Å². The fraction of sp³-hybridized carbons (Fsp3) is 0.400. The average molecular weight is 243 g/mol. The summed E-state index contributed by atoms with van der Waals surface area (Å²) >= 11 is 10.1. The van der Waals surface area contributed by atoms with Crippen LogP contribution < -0.4 is 0 Å². The summed E-state index contributed by atoms with van der Waals surface area (Å²) in [7, 11) is 0. The van der Waals surface area contributed by atoms with Crippen molar-refractivity contribution in [3.63, 3.8) is 0 Å². The van der Waals surface area contributed by atoms with Gasteiger partial charge in [0.25, 0.3) is 0 Å². The van der Waals surface area contributed by atoms with Crippen molar-refractivity contribution >= 4 is 30.1 Å². The lowest BCUT2D eigenvalue weighted by molar-refractivity contribution is -0.128. The highest BCUT2D eigenvalue weighted by Crippen LogP contribution is 2.18. The molecule has 0 saturated carbocycles. The number of hydrogen-bond donors (Lipinski definition) is 1. The van der Waals surface area contributed by atoms with Gasteiger partial charge in [-0.15, -0.1) is 0 Å². The normalized spacial score (nSPS) is 21.1. The zero-order valence-corrected chi connectivity index (χ0v) is 9.71. The van der Waals surface area contributed by atoms with Gasteiger partial charge in [-0.3, -0.25) is 4.79 Å². The van der Waals surface area contributed by atoms with Crippen molar-refractivity contribution in [3.8, 4) is 0 Å². The summed E-state index contributed by atoms with van der Waals surface area (Å²) in [5, 5.41) is 0.609. The Hall–Kier alpha value is -0.740. The molecule has 15 heavy (non-hydrogen) atoms. The molecule has 1 fully saturated rings. The predicted molar refractivity (Wildman–Crippen MR) is 62.1 cm³/mol. The maximum Gasteiger partial charge on any atom is 0.224 e. The predicted octanol–water partition coefficient (Wildman–Crippen LogP) is 1.77. The number of likely N-dealkylation sites (tertiary alicyclic amines) is 1. The number of amides is 1. The van der Waals surface area contributed by atoms with E-state index in [1.165, 1.54) is 0 Å². The molecule has 1 saturated heterocycles. The van der Waals surface area contributed by atoms with Crippen LogP contribution in [-0.4, -0.2) is 27.6 Å². The Morgan fingerprint density at radius 3 is 3.00 bits per heavy atom. The summed E-state index contributed by atoms with van der Waals surface area (Å²) in [6.07, 6.45) is 0.518. The molecular formula is C10H11ClN2OS. The zero-order chi connectivity index (χ0) is 10.8. The van der Waals surface area contributed by atoms with Crippen molar-refractivity contribution in [2.24, 2.45) is 0 Å². The third-order valence-electron chi connectivity index (χ3n) is 2.32. The van der Waals surface area contributed by atoms with Gasteiger partial charge in [0.1, 0.15) is 5.15 Å². The first-order chi connectivity index (χ1) is 7.15. The van der Waals surface area contributed by atoms with Crippen molar-refractivity contribution in [2.75, 3.05) is 6.54 Å². The standard InChI is InChI=1S/C10H11ClN2OS/c11-9-3-1-2-7(12-9)5-13-6-8(15)4-10(13)14/h1-3,8,15H,4-6H2. The molecule has 1 atom stereocenters. The number of nitrogens with zero attached hydrogens (tertiary/aromatic N) is 2. The monoisotopic (exact) mass is 242 g/mol. The number of halogens is 1. The minimum atomic E-state index is 0.136. The molecule has 80 valence electrons. The van der Waals surface area contributed by atoms with E-state index in [2.05, 4.69) is 17.6 Å². The van der Waals surface area contributed by atoms with Crippen LogP contribution in [0, 0.1) is 0 Å². The van der Waals surface area contributed by atoms with E-state index in [0.29, 0.717) is 24.7 Å². The number of rotatable bonds is 2. The third kappa shape index (κ3) is 2.63. The molecule has 3 nitrogen and oxygen atoms in total. The second kappa shape index (κ2) is 4.41. The second-order valence-corrected chi connectivity index (χ2v) is 4.70. The highest BCUT2D eigenvalue weighted by Gasteiger charge is 2.27. The lowest BCUT2D eigenvalue weighted by Gasteiger charge is -2.15. The van der Waals surface area contributed by atoms with Gasteiger partial charge in [0.05, 0.1) is 12.2 Å². The molecule has 0 radical (unpaired) electrons. The van der Waals surface area contributed by atoms with E-state index in [1.807, 2.05) is 12.1 Å². The molecule has 0 spiro atoms. The van der Waals surface area contributed by atoms with Gasteiger partial charge in [-0.2, -0.15) is 12.6 Å². The van der Waals surface area contributed by atoms with Gasteiger partial charge in [-0.25, -0.2) is 4.98 Å². The number of thiol groups is 1. The Bertz CT molecular complexity index is 385. The van der Waals surface area contributed by atoms with Crippen LogP contribution in [0.3, 0.4) is 0 Å². The molecule has 5 heteroatoms. The maximum absolute atomic E-state index is 11.5. The van der Waals surface area contributed by atoms with E-state index in [0.717, 1.165) is 5.69 Å². The van der Waals surface area contributed by atoms with Crippen LogP contribution in [0.4, 0.5) is 0 Å². The molecule has 2 rings (SSSR count). The Morgan fingerprint density at radius 2 is 2.40 bits per heavy atom. The SMILES string of the molecule is O=C1CC(S)CN1Cc1cccc(Cl)n1. The molecule has 0 aliphatic carbocycles. The number of hydrogen-bond acceptors (Lipinski definition) is 3. The molecule has 1 aliphatic heterocycles. The van der Waals surface area contributed by atoms with Crippen LogP contribution in [0.5, 0.6) is 0 Å². The molecule has 2 heterocycles. The van der Waals surface area contributed by atoms with E-state index >= 15 is 0 Å². The number of carbonyl (C=O) groups excluding carboxylic acids is 1. The van der Waals surface area contributed by atoms with Crippen molar-refractivity contribution in [2.45, 2.75) is 18.2 Å². The quantitative estimate of drug-likeness (QED) is 0.633. The van der Waals surface area contributed by atoms with Crippen LogP contribution >= 0.6 is 24.2 Å². The highest BCUT2D eigenvalue weighted by atomic mass is 35.5. The third-order valence-corrected chi connectivity index (χ3v) is 2.88. The zero-order valence-electron chi connectivity index (χ0n) is 8.06. The highest BCUT2D eigenvalue weighted by molar-refractivity contribution is 7.81. The van der Waals surface area contributed by atoms with Gasteiger partial charge in [0, 0.05) is 18.2 Å². The van der Waals surface area contributed by atoms with Gasteiger partial charge in [-0.1, -0.05) is 17.7 Å². The van der Waals surface area contributed by atoms with Crippen LogP contribution in [0.15, 0.2) is 18.2 Å². The number of aromatic nitrogens is 1. The first-order valence-electron chi connectivity index (χ1n) is 4.72. The molecular weight excluding hydrogens is 232 g/mol. The number of pyridine rings is 1. The van der Waals surface area contributed by atoms with Crippen molar-refractivity contribution in [1.29, 1.82) is 0 Å². The first-order valence-corrected chi connectivity index (χ1v) is 5.62. The molecule has 1 unspecified atom stereocenters. The summed E-state index contributed by atoms with van der Waals surface area (Å²) in [5.41, 5.74) is 0.818. The van der Waals surface area contributed by atoms with Gasteiger partial charge in [0.15, 0.2) is 0 Å². The van der Waals surface area contributed by atoms with E-state index in [9.17, 15) is 4.79 Å². The van der Waals surface area contributed by atoms with E-state index < -0.39 is 0 Å². The van der Waals surface area contributed by atoms with Gasteiger partial charge in [0.2, 0.25) is 5.91 Å². The topological polar surface area (TPSA) is 33.2 Å². The minimum absolute atomic E-state index is 0.136. The van der Waals surface area contributed by atoms with Crippen molar-refractivity contribution in [1.82, 2.24) is 9.88 Å². The van der Waals surface area contributed by atoms with Gasteiger partial charge >= 0.3 is 0 Å². The summed E-state index contributed by atoms with van der Waals surface area (Å²) in [6.45, 7) is 1.21. The van der Waals surface area contributed by atoms with Crippen LogP contribution in [0.1, 0.15) is 12.1 Å². The second-order valence-electron chi connectivity index (χ2n) is 3.58. The molecule has 0 N–H and O–H groups in total. The molecule has 1 aromatic heterocycles. The smallest absolute Gasteiger partial charge is 0.224 e. The molecule has 1 amide bonds. The summed E-state index contributed by atoms with van der Waals surface area (Å²) in [5.74, 6) is 0.136. The Morgan fingerprint density at radius 1 is 1.60 bits per heavy atom. The fourth-order valence-corrected chi connectivity index (χ4v) is 2.17. The first kappa shape index (κ1) is 10.8. The van der Waals surface area contributed by atoms with Gasteiger partial charge < -0.3 is 4.90 Å². The minimum Gasteiger partial charge on any atom is -0.336 e. The lowest BCUT2D eigenvalue weighted by Crippen LogP contribution is -2.25. The molecule has 0 aromatic carbocycles. The van der Waals surface area contributed by atoms with E-state index in [1.54, 1.807) is 11.0 Å². The van der Waals surface area contributed by atoms with Crippen molar-refractivity contribution in [3.05, 3.63) is 29.0 Å². The Balaban J connectivity index is 2.06. The Kier molecular flexibility index (Phi) is 3.17. The molecule has 0 bridgehead atoms. The maximum atomic E-state index is 11.5. The molecule has 1 aromatic rings. The van der Waals surface area contributed by atoms with Crippen molar-refractivity contribution < 1.29 is 4.79 Å². The lowest BCUT2D eigenvalue weighted by atomic mass is 10.3. The summed E-state index contributed by atoms with van der Waals surface area (Å²) in [6, 6.07) is 5.42. The largest absolute Gasteiger partial charge is 0.336 e. The fourth-order valence-electron chi connectivity index (χ4n) is 1.64. The van der Waals surface area contributed by atoms with Crippen LogP contribution in [0.2, 0.25) is 5.15 Å².